The Morgan fingerprint density at radius 2 is 1.79 bits per heavy atom. The number of hydrogen-bond donors (Lipinski definition) is 1. The molecule has 0 atom stereocenters. The maximum absolute atomic E-state index is 12.2. The molecule has 1 N–H and O–H groups in total. The Kier molecular flexibility index (Phi) is 7.22. The van der Waals surface area contributed by atoms with E-state index in [-0.39, 0.29) is 19.1 Å². The lowest BCUT2D eigenvalue weighted by molar-refractivity contribution is -0.123. The summed E-state index contributed by atoms with van der Waals surface area (Å²) in [7, 11) is 1.62. The molecule has 0 saturated carbocycles. The van der Waals surface area contributed by atoms with Crippen LogP contribution in [0.25, 0.3) is 17.0 Å². The Balaban J connectivity index is 1.29. The van der Waals surface area contributed by atoms with Gasteiger partial charge < -0.3 is 19.5 Å². The molecule has 34 heavy (non-hydrogen) atoms. The molecule has 2 aromatic heterocycles. The van der Waals surface area contributed by atoms with Crippen molar-refractivity contribution in [3.8, 4) is 28.8 Å². The zero-order chi connectivity index (χ0) is 23.9. The summed E-state index contributed by atoms with van der Waals surface area (Å²) in [6, 6.07) is 18.7. The van der Waals surface area contributed by atoms with Crippen molar-refractivity contribution in [2.75, 3.05) is 26.9 Å². The molecule has 0 radical (unpaired) electrons. The van der Waals surface area contributed by atoms with E-state index in [1.165, 1.54) is 0 Å². The van der Waals surface area contributed by atoms with Crippen molar-refractivity contribution < 1.29 is 19.0 Å². The van der Waals surface area contributed by atoms with E-state index < -0.39 is 0 Å². The summed E-state index contributed by atoms with van der Waals surface area (Å²) in [5, 5.41) is 15.6. The van der Waals surface area contributed by atoms with Crippen LogP contribution in [-0.2, 0) is 4.79 Å². The number of amides is 1. The molecule has 0 bridgehead atoms. The number of carbonyl (C=O) groups excluding carboxylic acids is 1. The topological polar surface area (TPSA) is 99.9 Å². The molecule has 0 unspecified atom stereocenters. The second-order valence-corrected chi connectivity index (χ2v) is 7.87. The van der Waals surface area contributed by atoms with Crippen LogP contribution < -0.4 is 19.5 Å². The van der Waals surface area contributed by atoms with E-state index in [9.17, 15) is 4.79 Å². The Labute approximate surface area is 197 Å². The molecule has 2 aromatic carbocycles. The first-order valence-electron chi connectivity index (χ1n) is 11.0. The van der Waals surface area contributed by atoms with Crippen molar-refractivity contribution in [1.29, 1.82) is 0 Å². The number of hydrogen-bond acceptors (Lipinski definition) is 7. The standard InChI is InChI=1S/C25H27N5O4/c1-17(2)20-6-4-5-7-21(20)34-16-23(31)26-14-15-33-24-13-12-22-27-28-25(30(22)29-24)18-8-10-19(32-3)11-9-18/h4-13,17H,14-16H2,1-3H3,(H,26,31). The van der Waals surface area contributed by atoms with Gasteiger partial charge in [0.15, 0.2) is 18.1 Å². The minimum absolute atomic E-state index is 0.0557. The van der Waals surface area contributed by atoms with Crippen LogP contribution in [0.5, 0.6) is 17.4 Å². The van der Waals surface area contributed by atoms with Crippen molar-refractivity contribution in [2.45, 2.75) is 19.8 Å². The fraction of sp³-hybridized carbons (Fsp3) is 0.280. The summed E-state index contributed by atoms with van der Waals surface area (Å²) in [4.78, 5) is 12.2. The third kappa shape index (κ3) is 5.43. The first-order valence-corrected chi connectivity index (χ1v) is 11.0. The normalized spacial score (nSPS) is 10.9. The molecule has 0 aliphatic rings. The average Bonchev–Trinajstić information content (AvgIpc) is 3.29. The number of aromatic nitrogens is 4. The summed E-state index contributed by atoms with van der Waals surface area (Å²) in [5.41, 5.74) is 2.53. The van der Waals surface area contributed by atoms with E-state index in [2.05, 4.69) is 34.5 Å². The maximum atomic E-state index is 12.2. The van der Waals surface area contributed by atoms with Crippen LogP contribution in [0.1, 0.15) is 25.3 Å². The first kappa shape index (κ1) is 23.0. The zero-order valence-electron chi connectivity index (χ0n) is 19.4. The average molecular weight is 462 g/mol. The number of ether oxygens (including phenoxy) is 3. The zero-order valence-corrected chi connectivity index (χ0v) is 19.4. The number of fused-ring (bicyclic) bond motifs is 1. The van der Waals surface area contributed by atoms with Crippen LogP contribution >= 0.6 is 0 Å². The molecule has 1 amide bonds. The highest BCUT2D eigenvalue weighted by Crippen LogP contribution is 2.25. The lowest BCUT2D eigenvalue weighted by Gasteiger charge is -2.13. The summed E-state index contributed by atoms with van der Waals surface area (Å²) in [6.07, 6.45) is 0. The van der Waals surface area contributed by atoms with E-state index in [4.69, 9.17) is 14.2 Å². The Hall–Kier alpha value is -4.14. The minimum atomic E-state index is -0.217. The Morgan fingerprint density at radius 1 is 1.00 bits per heavy atom. The molecule has 0 aliphatic carbocycles. The van der Waals surface area contributed by atoms with E-state index in [0.717, 1.165) is 22.6 Å². The van der Waals surface area contributed by atoms with Gasteiger partial charge in [-0.3, -0.25) is 4.79 Å². The molecule has 176 valence electrons. The number of rotatable bonds is 10. The highest BCUT2D eigenvalue weighted by Gasteiger charge is 2.12. The van der Waals surface area contributed by atoms with E-state index >= 15 is 0 Å². The number of nitrogens with one attached hydrogen (secondary N) is 1. The number of para-hydroxylation sites is 1. The van der Waals surface area contributed by atoms with Gasteiger partial charge in [0.1, 0.15) is 18.1 Å². The van der Waals surface area contributed by atoms with Crippen LogP contribution in [-0.4, -0.2) is 52.6 Å². The van der Waals surface area contributed by atoms with Gasteiger partial charge in [0.2, 0.25) is 5.88 Å². The van der Waals surface area contributed by atoms with Crippen molar-refractivity contribution in [2.24, 2.45) is 0 Å². The quantitative estimate of drug-likeness (QED) is 0.361. The van der Waals surface area contributed by atoms with E-state index in [1.54, 1.807) is 23.8 Å². The third-order valence-corrected chi connectivity index (χ3v) is 5.16. The molecule has 4 aromatic rings. The number of methoxy groups -OCH3 is 1. The van der Waals surface area contributed by atoms with Crippen LogP contribution in [0.2, 0.25) is 0 Å². The lowest BCUT2D eigenvalue weighted by Crippen LogP contribution is -2.32. The summed E-state index contributed by atoms with van der Waals surface area (Å²) in [6.45, 7) is 4.70. The molecule has 9 nitrogen and oxygen atoms in total. The monoisotopic (exact) mass is 461 g/mol. The van der Waals surface area contributed by atoms with Gasteiger partial charge in [0.25, 0.3) is 5.91 Å². The minimum Gasteiger partial charge on any atom is -0.497 e. The molecule has 0 spiro atoms. The summed E-state index contributed by atoms with van der Waals surface area (Å²) < 4.78 is 18.2. The third-order valence-electron chi connectivity index (χ3n) is 5.16. The van der Waals surface area contributed by atoms with Gasteiger partial charge in [-0.05, 0) is 47.9 Å². The van der Waals surface area contributed by atoms with Crippen molar-refractivity contribution in [1.82, 2.24) is 25.1 Å². The molecule has 0 saturated heterocycles. The molecule has 0 aliphatic heterocycles. The van der Waals surface area contributed by atoms with Crippen molar-refractivity contribution in [3.63, 3.8) is 0 Å². The molecule has 4 rings (SSSR count). The first-order chi connectivity index (χ1) is 16.5. The van der Waals surface area contributed by atoms with Crippen LogP contribution in [0.15, 0.2) is 60.7 Å². The van der Waals surface area contributed by atoms with Crippen LogP contribution in [0, 0.1) is 0 Å². The molecular weight excluding hydrogens is 434 g/mol. The number of carbonyl (C=O) groups is 1. The second kappa shape index (κ2) is 10.7. The van der Waals surface area contributed by atoms with E-state index in [1.807, 2.05) is 48.5 Å². The highest BCUT2D eigenvalue weighted by atomic mass is 16.5. The fourth-order valence-electron chi connectivity index (χ4n) is 3.40. The predicted octanol–water partition coefficient (Wildman–Crippen LogP) is 3.50. The smallest absolute Gasteiger partial charge is 0.258 e. The van der Waals surface area contributed by atoms with Gasteiger partial charge in [0.05, 0.1) is 13.7 Å². The molecule has 9 heteroatoms. The SMILES string of the molecule is COc1ccc(-c2nnc3ccc(OCCNC(=O)COc4ccccc4C(C)C)nn23)cc1. The van der Waals surface area contributed by atoms with Crippen molar-refractivity contribution >= 4 is 11.6 Å². The molecule has 2 heterocycles. The van der Waals surface area contributed by atoms with E-state index in [0.29, 0.717) is 29.8 Å². The molecular formula is C25H27N5O4. The largest absolute Gasteiger partial charge is 0.497 e. The van der Waals surface area contributed by atoms with Gasteiger partial charge >= 0.3 is 0 Å². The predicted molar refractivity (Wildman–Crippen MR) is 127 cm³/mol. The second-order valence-electron chi connectivity index (χ2n) is 7.87. The van der Waals surface area contributed by atoms with Gasteiger partial charge in [-0.2, -0.15) is 4.52 Å². The Morgan fingerprint density at radius 3 is 2.56 bits per heavy atom. The Bertz CT molecular complexity index is 1250. The number of nitrogens with zero attached hydrogens (tertiary/aromatic N) is 4. The van der Waals surface area contributed by atoms with Crippen LogP contribution in [0.3, 0.4) is 0 Å². The summed E-state index contributed by atoms with van der Waals surface area (Å²) in [5.74, 6) is 2.57. The highest BCUT2D eigenvalue weighted by molar-refractivity contribution is 5.77. The summed E-state index contributed by atoms with van der Waals surface area (Å²) >= 11 is 0. The molecule has 0 fully saturated rings. The van der Waals surface area contributed by atoms with Gasteiger partial charge in [-0.25, -0.2) is 0 Å². The van der Waals surface area contributed by atoms with Crippen LogP contribution in [0.4, 0.5) is 0 Å². The van der Waals surface area contributed by atoms with Gasteiger partial charge in [-0.1, -0.05) is 32.0 Å². The fourth-order valence-corrected chi connectivity index (χ4v) is 3.40. The lowest BCUT2D eigenvalue weighted by atomic mass is 10.0. The van der Waals surface area contributed by atoms with Gasteiger partial charge in [0, 0.05) is 11.6 Å². The van der Waals surface area contributed by atoms with Crippen molar-refractivity contribution in [3.05, 3.63) is 66.2 Å². The number of benzene rings is 2. The maximum Gasteiger partial charge on any atom is 0.258 e. The van der Waals surface area contributed by atoms with Gasteiger partial charge in [-0.15, -0.1) is 15.3 Å².